The molecule has 2 heterocycles. The molecule has 0 saturated carbocycles. The van der Waals surface area contributed by atoms with Crippen molar-refractivity contribution in [2.24, 2.45) is 0 Å². The Labute approximate surface area is 261 Å². The Balaban J connectivity index is 1.18. The van der Waals surface area contributed by atoms with Crippen molar-refractivity contribution in [2.45, 2.75) is 31.0 Å². The Hall–Kier alpha value is -4.51. The largest absolute Gasteiger partial charge is 0.497 e. The number of carbonyl (C=O) groups excluding carboxylic acids is 2. The van der Waals surface area contributed by atoms with E-state index in [1.54, 1.807) is 49.1 Å². The van der Waals surface area contributed by atoms with E-state index < -0.39 is 0 Å². The summed E-state index contributed by atoms with van der Waals surface area (Å²) in [6.07, 6.45) is 1.11. The topological polar surface area (TPSA) is 99.0 Å². The minimum atomic E-state index is -0.124. The SMILES string of the molecule is COc1cccc(-c2nnc(SCCCC(=O)N3CCN(C(=O)c4ccc(OC)cc4OC)C(C)C3)n2-c2ccccc2)c1. The second-order valence-electron chi connectivity index (χ2n) is 10.4. The Morgan fingerprint density at radius 1 is 0.886 bits per heavy atom. The van der Waals surface area contributed by atoms with Crippen LogP contribution in [0.4, 0.5) is 0 Å². The van der Waals surface area contributed by atoms with E-state index in [4.69, 9.17) is 14.2 Å². The maximum Gasteiger partial charge on any atom is 0.257 e. The molecule has 10 nitrogen and oxygen atoms in total. The fourth-order valence-electron chi connectivity index (χ4n) is 5.28. The number of thioether (sulfide) groups is 1. The van der Waals surface area contributed by atoms with Crippen LogP contribution in [0.2, 0.25) is 0 Å². The second-order valence-corrected chi connectivity index (χ2v) is 11.5. The molecular weight excluding hydrogens is 578 g/mol. The molecule has 0 radical (unpaired) electrons. The molecule has 44 heavy (non-hydrogen) atoms. The van der Waals surface area contributed by atoms with Crippen molar-refractivity contribution < 1.29 is 23.8 Å². The molecule has 230 valence electrons. The van der Waals surface area contributed by atoms with Gasteiger partial charge in [0.2, 0.25) is 5.91 Å². The van der Waals surface area contributed by atoms with Crippen molar-refractivity contribution in [2.75, 3.05) is 46.7 Å². The van der Waals surface area contributed by atoms with Gasteiger partial charge in [-0.2, -0.15) is 0 Å². The van der Waals surface area contributed by atoms with Crippen LogP contribution in [0.3, 0.4) is 0 Å². The molecule has 0 spiro atoms. The van der Waals surface area contributed by atoms with E-state index in [9.17, 15) is 9.59 Å². The van der Waals surface area contributed by atoms with Gasteiger partial charge in [-0.1, -0.05) is 42.1 Å². The molecule has 1 fully saturated rings. The zero-order valence-electron chi connectivity index (χ0n) is 25.4. The number of methoxy groups -OCH3 is 3. The van der Waals surface area contributed by atoms with Crippen LogP contribution in [-0.2, 0) is 4.79 Å². The van der Waals surface area contributed by atoms with Crippen molar-refractivity contribution >= 4 is 23.6 Å². The van der Waals surface area contributed by atoms with Crippen LogP contribution in [0.5, 0.6) is 17.2 Å². The van der Waals surface area contributed by atoms with Crippen LogP contribution in [0.1, 0.15) is 30.1 Å². The van der Waals surface area contributed by atoms with Crippen LogP contribution < -0.4 is 14.2 Å². The van der Waals surface area contributed by atoms with Crippen molar-refractivity contribution in [3.8, 4) is 34.3 Å². The minimum Gasteiger partial charge on any atom is -0.497 e. The highest BCUT2D eigenvalue weighted by Crippen LogP contribution is 2.31. The normalized spacial score (nSPS) is 14.8. The van der Waals surface area contributed by atoms with Crippen molar-refractivity contribution in [3.63, 3.8) is 0 Å². The summed E-state index contributed by atoms with van der Waals surface area (Å²) in [6.45, 7) is 3.41. The van der Waals surface area contributed by atoms with Crippen molar-refractivity contribution in [3.05, 3.63) is 78.4 Å². The smallest absolute Gasteiger partial charge is 0.257 e. The van der Waals surface area contributed by atoms with Gasteiger partial charge in [-0.3, -0.25) is 14.2 Å². The zero-order chi connectivity index (χ0) is 31.1. The Morgan fingerprint density at radius 3 is 2.39 bits per heavy atom. The highest BCUT2D eigenvalue weighted by Gasteiger charge is 2.31. The number of ether oxygens (including phenoxy) is 3. The number of para-hydroxylation sites is 1. The lowest BCUT2D eigenvalue weighted by molar-refractivity contribution is -0.133. The molecule has 1 atom stereocenters. The predicted octanol–water partition coefficient (Wildman–Crippen LogP) is 5.21. The molecule has 4 aromatic rings. The van der Waals surface area contributed by atoms with Crippen molar-refractivity contribution in [1.29, 1.82) is 0 Å². The van der Waals surface area contributed by atoms with E-state index in [0.717, 1.165) is 28.0 Å². The summed E-state index contributed by atoms with van der Waals surface area (Å²) in [7, 11) is 4.75. The van der Waals surface area contributed by atoms with Crippen LogP contribution >= 0.6 is 11.8 Å². The van der Waals surface area contributed by atoms with Gasteiger partial charge in [0.1, 0.15) is 17.2 Å². The maximum atomic E-state index is 13.3. The Morgan fingerprint density at radius 2 is 1.66 bits per heavy atom. The Kier molecular flexibility index (Phi) is 10.1. The summed E-state index contributed by atoms with van der Waals surface area (Å²) >= 11 is 1.58. The lowest BCUT2D eigenvalue weighted by Gasteiger charge is -2.40. The van der Waals surface area contributed by atoms with Crippen LogP contribution in [-0.4, -0.2) is 89.1 Å². The lowest BCUT2D eigenvalue weighted by atomic mass is 10.1. The van der Waals surface area contributed by atoms with Crippen LogP contribution in [0, 0.1) is 0 Å². The Bertz CT molecular complexity index is 1590. The fraction of sp³-hybridized carbons (Fsp3) is 0.333. The molecule has 1 aliphatic rings. The first-order valence-corrected chi connectivity index (χ1v) is 15.5. The van der Waals surface area contributed by atoms with Gasteiger partial charge < -0.3 is 24.0 Å². The summed E-state index contributed by atoms with van der Waals surface area (Å²) in [4.78, 5) is 30.2. The number of nitrogens with zero attached hydrogens (tertiary/aromatic N) is 5. The number of hydrogen-bond donors (Lipinski definition) is 0. The van der Waals surface area contributed by atoms with E-state index in [1.165, 1.54) is 7.11 Å². The third kappa shape index (κ3) is 6.83. The summed E-state index contributed by atoms with van der Waals surface area (Å²) in [6, 6.07) is 22.8. The van der Waals surface area contributed by atoms with Gasteiger partial charge >= 0.3 is 0 Å². The third-order valence-electron chi connectivity index (χ3n) is 7.62. The predicted molar refractivity (Wildman–Crippen MR) is 170 cm³/mol. The van der Waals surface area contributed by atoms with Crippen molar-refractivity contribution in [1.82, 2.24) is 24.6 Å². The zero-order valence-corrected chi connectivity index (χ0v) is 26.3. The quantitative estimate of drug-likeness (QED) is 0.168. The maximum absolute atomic E-state index is 13.3. The van der Waals surface area contributed by atoms with Gasteiger partial charge in [-0.15, -0.1) is 10.2 Å². The number of benzene rings is 3. The van der Waals surface area contributed by atoms with E-state index >= 15 is 0 Å². The molecule has 0 aliphatic carbocycles. The summed E-state index contributed by atoms with van der Waals surface area (Å²) in [5.74, 6) is 3.25. The lowest BCUT2D eigenvalue weighted by Crippen LogP contribution is -2.55. The minimum absolute atomic E-state index is 0.0909. The number of carbonyl (C=O) groups is 2. The van der Waals surface area contributed by atoms with Gasteiger partial charge in [-0.25, -0.2) is 0 Å². The summed E-state index contributed by atoms with van der Waals surface area (Å²) in [5, 5.41) is 9.77. The van der Waals surface area contributed by atoms with Gasteiger partial charge in [0, 0.05) is 55.2 Å². The molecule has 2 amide bonds. The van der Waals surface area contributed by atoms with Crippen LogP contribution in [0.15, 0.2) is 78.0 Å². The number of amides is 2. The van der Waals surface area contributed by atoms with E-state index in [2.05, 4.69) is 10.2 Å². The molecule has 0 N–H and O–H groups in total. The first kappa shape index (κ1) is 30.9. The molecular formula is C33H37N5O5S. The first-order chi connectivity index (χ1) is 21.4. The summed E-state index contributed by atoms with van der Waals surface area (Å²) < 4.78 is 18.1. The number of hydrogen-bond acceptors (Lipinski definition) is 8. The highest BCUT2D eigenvalue weighted by molar-refractivity contribution is 7.99. The van der Waals surface area contributed by atoms with E-state index in [-0.39, 0.29) is 17.9 Å². The molecule has 11 heteroatoms. The van der Waals surface area contributed by atoms with Gasteiger partial charge in [0.15, 0.2) is 11.0 Å². The third-order valence-corrected chi connectivity index (χ3v) is 8.64. The van der Waals surface area contributed by atoms with Crippen LogP contribution in [0.25, 0.3) is 17.1 Å². The number of aromatic nitrogens is 3. The molecule has 3 aromatic carbocycles. The van der Waals surface area contributed by atoms with Gasteiger partial charge in [-0.05, 0) is 49.7 Å². The van der Waals surface area contributed by atoms with E-state index in [0.29, 0.717) is 55.3 Å². The molecule has 1 unspecified atom stereocenters. The number of rotatable bonds is 11. The summed E-state index contributed by atoms with van der Waals surface area (Å²) in [5.41, 5.74) is 2.34. The highest BCUT2D eigenvalue weighted by atomic mass is 32.2. The van der Waals surface area contributed by atoms with Gasteiger partial charge in [0.05, 0.1) is 26.9 Å². The fourth-order valence-corrected chi connectivity index (χ4v) is 6.17. The number of piperazine rings is 1. The second kappa shape index (κ2) is 14.3. The molecule has 1 saturated heterocycles. The van der Waals surface area contributed by atoms with Gasteiger partial charge in [0.25, 0.3) is 5.91 Å². The molecule has 1 aliphatic heterocycles. The molecule has 5 rings (SSSR count). The first-order valence-electron chi connectivity index (χ1n) is 14.5. The average molecular weight is 616 g/mol. The van der Waals surface area contributed by atoms with E-state index in [1.807, 2.05) is 71.0 Å². The average Bonchev–Trinajstić information content (AvgIpc) is 3.50. The standard InChI is InChI=1S/C33H37N5O5S/c1-23-22-36(17-18-37(23)32(40)28-16-15-27(42-3)21-29(28)43-4)30(39)14-9-19-44-33-35-34-31(24-10-8-13-26(20-24)41-2)38(33)25-11-6-5-7-12-25/h5-8,10-13,15-16,20-21,23H,9,14,17-19,22H2,1-4H3. The monoisotopic (exact) mass is 615 g/mol. The molecule has 1 aromatic heterocycles. The molecule has 0 bridgehead atoms.